The first-order chi connectivity index (χ1) is 18.6. The Balaban J connectivity index is 1.48. The summed E-state index contributed by atoms with van der Waals surface area (Å²) in [4.78, 5) is 42.1. The highest BCUT2D eigenvalue weighted by Gasteiger charge is 2.71. The molecule has 3 heterocycles. The molecule has 1 aromatic carbocycles. The number of carbonyl (C=O) groups is 3. The molecule has 2 aliphatic heterocycles. The van der Waals surface area contributed by atoms with Gasteiger partial charge in [0.25, 0.3) is 11.7 Å². The lowest BCUT2D eigenvalue weighted by atomic mass is 9.82. The lowest BCUT2D eigenvalue weighted by molar-refractivity contribution is -0.921. The maximum Gasteiger partial charge on any atom is 0.294 e. The van der Waals surface area contributed by atoms with Crippen molar-refractivity contribution in [2.24, 2.45) is 0 Å². The van der Waals surface area contributed by atoms with E-state index in [0.717, 1.165) is 23.5 Å². The molecule has 1 saturated heterocycles. The molecule has 2 fully saturated rings. The first-order valence-electron chi connectivity index (χ1n) is 13.0. The van der Waals surface area contributed by atoms with Gasteiger partial charge in [0.05, 0.1) is 26.4 Å². The quantitative estimate of drug-likeness (QED) is 0.212. The number of ether oxygens (including phenoxy) is 2. The minimum Gasteiger partial charge on any atom is -0.382 e. The van der Waals surface area contributed by atoms with E-state index in [4.69, 9.17) is 9.47 Å². The third-order valence-corrected chi connectivity index (χ3v) is 9.25. The summed E-state index contributed by atoms with van der Waals surface area (Å²) in [5.41, 5.74) is -0.361. The first-order valence-corrected chi connectivity index (χ1v) is 13.8. The summed E-state index contributed by atoms with van der Waals surface area (Å²) in [6.07, 6.45) is 4.40. The number of fused-ring (bicyclic) bond motifs is 2. The highest BCUT2D eigenvalue weighted by atomic mass is 32.1. The summed E-state index contributed by atoms with van der Waals surface area (Å²) in [5.74, 6) is -3.24. The minimum atomic E-state index is -1.15. The largest absolute Gasteiger partial charge is 0.382 e. The zero-order valence-corrected chi connectivity index (χ0v) is 22.9. The SMILES string of the molecule is CCN1C(=O)C2C(=O)C(=O)C(c3nnc(Cc4ccc(F)cc4F)s3)=C[N+]2(C)C12CCC(OCCOC)CC2. The van der Waals surface area contributed by atoms with Gasteiger partial charge in [0.1, 0.15) is 28.4 Å². The van der Waals surface area contributed by atoms with E-state index in [9.17, 15) is 23.2 Å². The zero-order chi connectivity index (χ0) is 27.9. The predicted octanol–water partition coefficient (Wildman–Crippen LogP) is 2.88. The summed E-state index contributed by atoms with van der Waals surface area (Å²) in [5, 5.41) is 8.90. The van der Waals surface area contributed by atoms with Crippen LogP contribution >= 0.6 is 11.3 Å². The van der Waals surface area contributed by atoms with Crippen LogP contribution in [0.15, 0.2) is 24.4 Å². The van der Waals surface area contributed by atoms with E-state index in [0.29, 0.717) is 50.4 Å². The number of halogens is 2. The number of quaternary nitrogens is 1. The van der Waals surface area contributed by atoms with Crippen molar-refractivity contribution in [2.45, 2.75) is 56.8 Å². The van der Waals surface area contributed by atoms with Crippen molar-refractivity contribution in [3.8, 4) is 0 Å². The molecule has 1 aliphatic carbocycles. The second-order valence-electron chi connectivity index (χ2n) is 10.3. The average molecular weight is 562 g/mol. The Hall–Kier alpha value is -2.93. The van der Waals surface area contributed by atoms with Crippen molar-refractivity contribution in [2.75, 3.05) is 33.9 Å². The Morgan fingerprint density at radius 3 is 2.56 bits per heavy atom. The van der Waals surface area contributed by atoms with Crippen LogP contribution in [0.25, 0.3) is 5.57 Å². The third-order valence-electron chi connectivity index (χ3n) is 8.29. The molecule has 1 aromatic heterocycles. The molecule has 9 nitrogen and oxygen atoms in total. The fourth-order valence-corrected chi connectivity index (χ4v) is 7.22. The van der Waals surface area contributed by atoms with Crippen LogP contribution in [0.5, 0.6) is 0 Å². The maximum absolute atomic E-state index is 14.2. The van der Waals surface area contributed by atoms with Crippen LogP contribution < -0.4 is 0 Å². The second kappa shape index (κ2) is 10.6. The molecule has 2 atom stereocenters. The maximum atomic E-state index is 14.2. The molecule has 208 valence electrons. The molecule has 2 aromatic rings. The van der Waals surface area contributed by atoms with Gasteiger partial charge in [-0.1, -0.05) is 17.4 Å². The second-order valence-corrected chi connectivity index (χ2v) is 11.4. The van der Waals surface area contributed by atoms with E-state index in [1.54, 1.807) is 18.2 Å². The standard InChI is InChI=1S/C27H31F2N4O5S/c1-4-32-26(36)22-24(35)23(34)19(25-31-30-21(39-25)13-16-5-6-17(28)14-20(16)29)15-33(22,2)27(32)9-7-18(8-10-27)38-12-11-37-3/h5-6,14-15,18,22H,4,7-13H2,1-3H3/q+1. The van der Waals surface area contributed by atoms with E-state index < -0.39 is 34.9 Å². The number of benzene rings is 1. The van der Waals surface area contributed by atoms with Crippen molar-refractivity contribution in [1.29, 1.82) is 0 Å². The molecule has 1 amide bonds. The number of ketones is 2. The Morgan fingerprint density at radius 2 is 1.90 bits per heavy atom. The summed E-state index contributed by atoms with van der Waals surface area (Å²) < 4.78 is 38.5. The molecular formula is C27H31F2N4O5S+. The van der Waals surface area contributed by atoms with Crippen molar-refractivity contribution in [1.82, 2.24) is 15.1 Å². The minimum absolute atomic E-state index is 0.0217. The number of hydrogen-bond acceptors (Lipinski definition) is 8. The first kappa shape index (κ1) is 27.6. The van der Waals surface area contributed by atoms with Gasteiger partial charge in [-0.3, -0.25) is 23.8 Å². The molecule has 5 rings (SSSR count). The van der Waals surface area contributed by atoms with Gasteiger partial charge < -0.3 is 9.47 Å². The van der Waals surface area contributed by atoms with E-state index in [1.807, 2.05) is 14.0 Å². The number of carbonyl (C=O) groups excluding carboxylic acids is 3. The Morgan fingerprint density at radius 1 is 1.15 bits per heavy atom. The number of nitrogens with zero attached hydrogens (tertiary/aromatic N) is 4. The van der Waals surface area contributed by atoms with Crippen molar-refractivity contribution >= 4 is 34.4 Å². The predicted molar refractivity (Wildman–Crippen MR) is 137 cm³/mol. The number of Topliss-reactive ketones (excluding diaryl/α,β-unsaturated/α-hetero) is 2. The van der Waals surface area contributed by atoms with Gasteiger partial charge in [0.15, 0.2) is 10.7 Å². The van der Waals surface area contributed by atoms with E-state index in [-0.39, 0.29) is 39.1 Å². The molecule has 39 heavy (non-hydrogen) atoms. The highest BCUT2D eigenvalue weighted by Crippen LogP contribution is 2.51. The summed E-state index contributed by atoms with van der Waals surface area (Å²) in [6, 6.07) is 2.16. The average Bonchev–Trinajstić information content (AvgIpc) is 3.44. The Bertz CT molecular complexity index is 1340. The van der Waals surface area contributed by atoms with Crippen molar-refractivity contribution in [3.05, 3.63) is 51.6 Å². The van der Waals surface area contributed by atoms with E-state index in [1.165, 1.54) is 6.07 Å². The van der Waals surface area contributed by atoms with Crippen LogP contribution in [0.3, 0.4) is 0 Å². The normalized spacial score (nSPS) is 28.8. The van der Waals surface area contributed by atoms with Crippen molar-refractivity contribution < 1.29 is 37.1 Å². The van der Waals surface area contributed by atoms with E-state index >= 15 is 0 Å². The van der Waals surface area contributed by atoms with Gasteiger partial charge in [-0.05, 0) is 31.4 Å². The van der Waals surface area contributed by atoms with Crippen LogP contribution in [0.4, 0.5) is 8.78 Å². The number of allylic oxidation sites excluding steroid dienone is 1. The lowest BCUT2D eigenvalue weighted by Gasteiger charge is -2.51. The van der Waals surface area contributed by atoms with Gasteiger partial charge in [-0.25, -0.2) is 8.78 Å². The van der Waals surface area contributed by atoms with Gasteiger partial charge in [-0.2, -0.15) is 0 Å². The topological polar surface area (TPSA) is 98.7 Å². The fourth-order valence-electron chi connectivity index (χ4n) is 6.35. The van der Waals surface area contributed by atoms with Gasteiger partial charge in [-0.15, -0.1) is 10.2 Å². The smallest absolute Gasteiger partial charge is 0.294 e. The number of aromatic nitrogens is 2. The van der Waals surface area contributed by atoms with Gasteiger partial charge in [0.2, 0.25) is 11.8 Å². The molecule has 1 spiro atoms. The fraction of sp³-hybridized carbons (Fsp3) is 0.519. The number of amides is 1. The molecule has 1 saturated carbocycles. The molecular weight excluding hydrogens is 530 g/mol. The van der Waals surface area contributed by atoms with Gasteiger partial charge in [0, 0.05) is 39.0 Å². The number of likely N-dealkylation sites (N-methyl/N-ethyl adjacent to an activating group) is 2. The zero-order valence-electron chi connectivity index (χ0n) is 22.1. The number of rotatable bonds is 8. The summed E-state index contributed by atoms with van der Waals surface area (Å²) in [7, 11) is 3.46. The number of methoxy groups -OCH3 is 1. The Labute approximate surface area is 229 Å². The molecule has 3 aliphatic rings. The van der Waals surface area contributed by atoms with Crippen LogP contribution in [0, 0.1) is 11.6 Å². The molecule has 0 radical (unpaired) electrons. The third kappa shape index (κ3) is 4.52. The molecule has 0 N–H and O–H groups in total. The molecule has 12 heteroatoms. The molecule has 0 bridgehead atoms. The van der Waals surface area contributed by atoms with Crippen LogP contribution in [-0.4, -0.2) is 88.8 Å². The highest BCUT2D eigenvalue weighted by molar-refractivity contribution is 7.13. The lowest BCUT2D eigenvalue weighted by Crippen LogP contribution is -2.67. The Kier molecular flexibility index (Phi) is 7.49. The summed E-state index contributed by atoms with van der Waals surface area (Å²) >= 11 is 1.08. The molecule has 2 unspecified atom stereocenters. The van der Waals surface area contributed by atoms with E-state index in [2.05, 4.69) is 10.2 Å². The van der Waals surface area contributed by atoms with Crippen LogP contribution in [0.1, 0.15) is 48.2 Å². The summed E-state index contributed by atoms with van der Waals surface area (Å²) in [6.45, 7) is 3.28. The van der Waals surface area contributed by atoms with Crippen LogP contribution in [0.2, 0.25) is 0 Å². The number of hydrogen-bond donors (Lipinski definition) is 0. The van der Waals surface area contributed by atoms with Crippen molar-refractivity contribution in [3.63, 3.8) is 0 Å². The van der Waals surface area contributed by atoms with Gasteiger partial charge >= 0.3 is 0 Å². The monoisotopic (exact) mass is 561 g/mol. The van der Waals surface area contributed by atoms with Crippen LogP contribution in [-0.2, 0) is 30.3 Å².